The highest BCUT2D eigenvalue weighted by atomic mass is 16.5. The van der Waals surface area contributed by atoms with E-state index in [0.29, 0.717) is 5.88 Å². The summed E-state index contributed by atoms with van der Waals surface area (Å²) in [6.07, 6.45) is 3.06. The van der Waals surface area contributed by atoms with E-state index in [1.54, 1.807) is 6.20 Å². The van der Waals surface area contributed by atoms with Gasteiger partial charge in [-0.2, -0.15) is 0 Å². The summed E-state index contributed by atoms with van der Waals surface area (Å²) >= 11 is 0. The molecule has 1 saturated heterocycles. The molecule has 1 atom stereocenters. The minimum Gasteiger partial charge on any atom is -0.472 e. The first kappa shape index (κ1) is 9.40. The molecule has 0 spiro atoms. The van der Waals surface area contributed by atoms with Crippen LogP contribution in [0.4, 0.5) is 0 Å². The molecule has 1 unspecified atom stereocenters. The molecule has 0 bridgehead atoms. The van der Waals surface area contributed by atoms with Gasteiger partial charge in [0.05, 0.1) is 11.4 Å². The number of aryl methyl sites for hydroxylation is 2. The molecule has 1 aliphatic rings. The van der Waals surface area contributed by atoms with E-state index in [1.165, 1.54) is 0 Å². The van der Waals surface area contributed by atoms with Gasteiger partial charge >= 0.3 is 0 Å². The van der Waals surface area contributed by atoms with Crippen molar-refractivity contribution in [3.8, 4) is 5.88 Å². The second kappa shape index (κ2) is 3.92. The van der Waals surface area contributed by atoms with Crippen LogP contribution < -0.4 is 10.1 Å². The minimum absolute atomic E-state index is 0.254. The smallest absolute Gasteiger partial charge is 0.235 e. The third-order valence-corrected chi connectivity index (χ3v) is 2.33. The first-order valence-corrected chi connectivity index (χ1v) is 4.93. The molecule has 4 heteroatoms. The maximum Gasteiger partial charge on any atom is 0.235 e. The van der Waals surface area contributed by atoms with Crippen LogP contribution in [0.5, 0.6) is 5.88 Å². The van der Waals surface area contributed by atoms with E-state index in [9.17, 15) is 0 Å². The van der Waals surface area contributed by atoms with Crippen LogP contribution in [0.25, 0.3) is 0 Å². The quantitative estimate of drug-likeness (QED) is 0.756. The molecule has 0 amide bonds. The molecule has 1 aliphatic heterocycles. The molecule has 2 heterocycles. The summed E-state index contributed by atoms with van der Waals surface area (Å²) in [5.41, 5.74) is 1.76. The molecule has 1 aromatic rings. The van der Waals surface area contributed by atoms with E-state index in [1.807, 2.05) is 13.8 Å². The van der Waals surface area contributed by atoms with Gasteiger partial charge in [-0.05, 0) is 26.8 Å². The lowest BCUT2D eigenvalue weighted by Gasteiger charge is -2.12. The van der Waals surface area contributed by atoms with Gasteiger partial charge in [0.2, 0.25) is 5.88 Å². The highest BCUT2D eigenvalue weighted by molar-refractivity contribution is 5.18. The molecule has 1 fully saturated rings. The topological polar surface area (TPSA) is 47.0 Å². The standard InChI is InChI=1S/C10H15N3O/c1-7-5-12-8(2)10(13-7)14-9-3-4-11-6-9/h5,9,11H,3-4,6H2,1-2H3. The highest BCUT2D eigenvalue weighted by Gasteiger charge is 2.17. The van der Waals surface area contributed by atoms with Gasteiger partial charge in [0, 0.05) is 12.7 Å². The number of hydrogen-bond acceptors (Lipinski definition) is 4. The fourth-order valence-electron chi connectivity index (χ4n) is 1.51. The SMILES string of the molecule is Cc1cnc(C)c(OC2CCNC2)n1. The molecule has 76 valence electrons. The number of nitrogens with zero attached hydrogens (tertiary/aromatic N) is 2. The van der Waals surface area contributed by atoms with Gasteiger partial charge in [0.25, 0.3) is 0 Å². The second-order valence-electron chi connectivity index (χ2n) is 3.63. The monoisotopic (exact) mass is 193 g/mol. The predicted octanol–water partition coefficient (Wildman–Crippen LogP) is 0.834. The number of ether oxygens (including phenoxy) is 1. The Kier molecular flexibility index (Phi) is 2.63. The Labute approximate surface area is 83.7 Å². The molecule has 0 saturated carbocycles. The zero-order valence-corrected chi connectivity index (χ0v) is 8.58. The third-order valence-electron chi connectivity index (χ3n) is 2.33. The zero-order valence-electron chi connectivity index (χ0n) is 8.58. The zero-order chi connectivity index (χ0) is 9.97. The Morgan fingerprint density at radius 3 is 3.07 bits per heavy atom. The molecule has 2 rings (SSSR count). The van der Waals surface area contributed by atoms with Crippen molar-refractivity contribution in [1.29, 1.82) is 0 Å². The van der Waals surface area contributed by atoms with Crippen LogP contribution in [-0.2, 0) is 0 Å². The molecular formula is C10H15N3O. The van der Waals surface area contributed by atoms with Crippen molar-refractivity contribution in [2.75, 3.05) is 13.1 Å². The number of nitrogens with one attached hydrogen (secondary N) is 1. The summed E-state index contributed by atoms with van der Waals surface area (Å²) in [4.78, 5) is 8.54. The van der Waals surface area contributed by atoms with E-state index in [4.69, 9.17) is 4.74 Å². The van der Waals surface area contributed by atoms with Crippen molar-refractivity contribution >= 4 is 0 Å². The average Bonchev–Trinajstić information content (AvgIpc) is 2.64. The van der Waals surface area contributed by atoms with Gasteiger partial charge in [-0.3, -0.25) is 4.98 Å². The summed E-state index contributed by atoms with van der Waals surface area (Å²) in [5.74, 6) is 0.679. The molecular weight excluding hydrogens is 178 g/mol. The van der Waals surface area contributed by atoms with Crippen molar-refractivity contribution in [1.82, 2.24) is 15.3 Å². The largest absolute Gasteiger partial charge is 0.472 e. The number of aromatic nitrogens is 2. The van der Waals surface area contributed by atoms with Crippen LogP contribution in [0.1, 0.15) is 17.8 Å². The van der Waals surface area contributed by atoms with Gasteiger partial charge in [-0.1, -0.05) is 0 Å². The molecule has 0 aromatic carbocycles. The normalized spacial score (nSPS) is 21.1. The van der Waals surface area contributed by atoms with Crippen LogP contribution in [0.2, 0.25) is 0 Å². The van der Waals surface area contributed by atoms with Gasteiger partial charge < -0.3 is 10.1 Å². The summed E-state index contributed by atoms with van der Waals surface area (Å²) in [7, 11) is 0. The van der Waals surface area contributed by atoms with Crippen LogP contribution in [0.3, 0.4) is 0 Å². The summed E-state index contributed by atoms with van der Waals surface area (Å²) in [6, 6.07) is 0. The van der Waals surface area contributed by atoms with Crippen LogP contribution >= 0.6 is 0 Å². The van der Waals surface area contributed by atoms with E-state index >= 15 is 0 Å². The molecule has 0 aliphatic carbocycles. The fraction of sp³-hybridized carbons (Fsp3) is 0.600. The lowest BCUT2D eigenvalue weighted by Crippen LogP contribution is -2.20. The molecule has 0 radical (unpaired) electrons. The lowest BCUT2D eigenvalue weighted by atomic mass is 10.3. The summed E-state index contributed by atoms with van der Waals surface area (Å²) in [6.45, 7) is 5.79. The van der Waals surface area contributed by atoms with E-state index in [-0.39, 0.29) is 6.10 Å². The third kappa shape index (κ3) is 2.01. The van der Waals surface area contributed by atoms with E-state index < -0.39 is 0 Å². The molecule has 1 aromatic heterocycles. The Bertz CT molecular complexity index is 321. The summed E-state index contributed by atoms with van der Waals surface area (Å²) in [5, 5.41) is 3.25. The van der Waals surface area contributed by atoms with Crippen LogP contribution in [-0.4, -0.2) is 29.2 Å². The Balaban J connectivity index is 2.10. The molecule has 1 N–H and O–H groups in total. The van der Waals surface area contributed by atoms with E-state index in [2.05, 4.69) is 15.3 Å². The Morgan fingerprint density at radius 1 is 1.50 bits per heavy atom. The first-order valence-electron chi connectivity index (χ1n) is 4.93. The van der Waals surface area contributed by atoms with E-state index in [0.717, 1.165) is 30.9 Å². The van der Waals surface area contributed by atoms with Gasteiger partial charge in [-0.15, -0.1) is 0 Å². The molecule has 14 heavy (non-hydrogen) atoms. The highest BCUT2D eigenvalue weighted by Crippen LogP contribution is 2.15. The van der Waals surface area contributed by atoms with Crippen LogP contribution in [0.15, 0.2) is 6.20 Å². The minimum atomic E-state index is 0.254. The van der Waals surface area contributed by atoms with Crippen molar-refractivity contribution in [2.24, 2.45) is 0 Å². The van der Waals surface area contributed by atoms with Gasteiger partial charge in [0.1, 0.15) is 6.10 Å². The average molecular weight is 193 g/mol. The number of rotatable bonds is 2. The fourth-order valence-corrected chi connectivity index (χ4v) is 1.51. The van der Waals surface area contributed by atoms with Crippen molar-refractivity contribution in [3.05, 3.63) is 17.6 Å². The Hall–Kier alpha value is -1.16. The maximum atomic E-state index is 5.75. The van der Waals surface area contributed by atoms with Crippen molar-refractivity contribution in [2.45, 2.75) is 26.4 Å². The summed E-state index contributed by atoms with van der Waals surface area (Å²) < 4.78 is 5.75. The Morgan fingerprint density at radius 2 is 2.36 bits per heavy atom. The van der Waals surface area contributed by atoms with Crippen molar-refractivity contribution in [3.63, 3.8) is 0 Å². The van der Waals surface area contributed by atoms with Crippen LogP contribution in [0, 0.1) is 13.8 Å². The molecule has 4 nitrogen and oxygen atoms in total. The van der Waals surface area contributed by atoms with Gasteiger partial charge in [0.15, 0.2) is 0 Å². The second-order valence-corrected chi connectivity index (χ2v) is 3.63. The lowest BCUT2D eigenvalue weighted by molar-refractivity contribution is 0.211. The maximum absolute atomic E-state index is 5.75. The predicted molar refractivity (Wildman–Crippen MR) is 53.4 cm³/mol. The van der Waals surface area contributed by atoms with Crippen molar-refractivity contribution < 1.29 is 4.74 Å². The first-order chi connectivity index (χ1) is 6.75. The number of hydrogen-bond donors (Lipinski definition) is 1. The van der Waals surface area contributed by atoms with Gasteiger partial charge in [-0.25, -0.2) is 4.98 Å².